The Balaban J connectivity index is 1.69. The highest BCUT2D eigenvalue weighted by Gasteiger charge is 2.22. The summed E-state index contributed by atoms with van der Waals surface area (Å²) in [5, 5.41) is 0. The number of carbonyl (C=O) groups excluding carboxylic acids is 2. The highest BCUT2D eigenvalue weighted by Crippen LogP contribution is 2.20. The molecule has 1 aromatic rings. The average Bonchev–Trinajstić information content (AvgIpc) is 2.91. The Morgan fingerprint density at radius 2 is 1.65 bits per heavy atom. The van der Waals surface area contributed by atoms with Gasteiger partial charge in [0.15, 0.2) is 0 Å². The topological polar surface area (TPSA) is 56.8 Å². The van der Waals surface area contributed by atoms with E-state index in [-0.39, 0.29) is 5.91 Å². The zero-order valence-electron chi connectivity index (χ0n) is 13.5. The van der Waals surface area contributed by atoms with E-state index in [4.69, 9.17) is 0 Å². The summed E-state index contributed by atoms with van der Waals surface area (Å²) >= 11 is 0. The van der Waals surface area contributed by atoms with Crippen molar-refractivity contribution in [3.8, 4) is 0 Å². The van der Waals surface area contributed by atoms with Gasteiger partial charge in [-0.2, -0.15) is 0 Å². The van der Waals surface area contributed by atoms with Crippen LogP contribution in [-0.4, -0.2) is 66.4 Å². The van der Waals surface area contributed by atoms with Crippen molar-refractivity contribution in [2.45, 2.75) is 25.7 Å². The summed E-state index contributed by atoms with van der Waals surface area (Å²) in [7, 11) is 0. The van der Waals surface area contributed by atoms with Crippen molar-refractivity contribution in [1.82, 2.24) is 14.8 Å². The fraction of sp³-hybridized carbons (Fsp3) is 0.588. The number of hydrogen-bond acceptors (Lipinski definition) is 4. The predicted molar refractivity (Wildman–Crippen MR) is 88.5 cm³/mol. The molecular formula is C17H24N4O2. The van der Waals surface area contributed by atoms with Gasteiger partial charge in [-0.3, -0.25) is 14.6 Å². The minimum atomic E-state index is 0.0136. The molecule has 0 aliphatic carbocycles. The Morgan fingerprint density at radius 3 is 2.30 bits per heavy atom. The van der Waals surface area contributed by atoms with Gasteiger partial charge < -0.3 is 14.7 Å². The summed E-state index contributed by atoms with van der Waals surface area (Å²) in [5.41, 5.74) is 1.69. The molecule has 6 nitrogen and oxygen atoms in total. The molecule has 23 heavy (non-hydrogen) atoms. The Labute approximate surface area is 137 Å². The Hall–Kier alpha value is -2.11. The van der Waals surface area contributed by atoms with Crippen LogP contribution in [0.3, 0.4) is 0 Å². The lowest BCUT2D eigenvalue weighted by Gasteiger charge is -2.32. The number of hydrogen-bond donors (Lipinski definition) is 0. The van der Waals surface area contributed by atoms with Gasteiger partial charge in [0.1, 0.15) is 0 Å². The summed E-state index contributed by atoms with van der Waals surface area (Å²) in [5.74, 6) is 0.0136. The van der Waals surface area contributed by atoms with Crippen molar-refractivity contribution in [2.75, 3.05) is 44.2 Å². The molecule has 2 aliphatic heterocycles. The first-order valence-corrected chi connectivity index (χ1v) is 8.46. The third-order valence-electron chi connectivity index (χ3n) is 4.69. The molecule has 0 atom stereocenters. The smallest absolute Gasteiger partial charge is 0.255 e. The van der Waals surface area contributed by atoms with Crippen molar-refractivity contribution in [2.24, 2.45) is 0 Å². The highest BCUT2D eigenvalue weighted by atomic mass is 16.2. The van der Waals surface area contributed by atoms with E-state index in [1.54, 1.807) is 11.1 Å². The van der Waals surface area contributed by atoms with Crippen LogP contribution in [0.25, 0.3) is 0 Å². The first-order valence-electron chi connectivity index (χ1n) is 8.46. The summed E-state index contributed by atoms with van der Waals surface area (Å²) in [6, 6.07) is 1.97. The van der Waals surface area contributed by atoms with Gasteiger partial charge in [0.2, 0.25) is 6.41 Å². The van der Waals surface area contributed by atoms with Gasteiger partial charge >= 0.3 is 0 Å². The van der Waals surface area contributed by atoms with Crippen LogP contribution in [0.15, 0.2) is 18.5 Å². The fourth-order valence-electron chi connectivity index (χ4n) is 3.26. The number of nitrogens with zero attached hydrogens (tertiary/aromatic N) is 4. The molecule has 0 radical (unpaired) electrons. The van der Waals surface area contributed by atoms with E-state index in [1.807, 2.05) is 17.2 Å². The number of carbonyl (C=O) groups is 2. The molecule has 1 aromatic heterocycles. The van der Waals surface area contributed by atoms with Gasteiger partial charge in [-0.05, 0) is 18.9 Å². The van der Waals surface area contributed by atoms with Gasteiger partial charge in [-0.1, -0.05) is 12.8 Å². The first kappa shape index (κ1) is 15.8. The molecule has 2 saturated heterocycles. The molecule has 0 N–H and O–H groups in total. The monoisotopic (exact) mass is 316 g/mol. The van der Waals surface area contributed by atoms with E-state index in [0.717, 1.165) is 25.2 Å². The number of amides is 2. The third-order valence-corrected chi connectivity index (χ3v) is 4.69. The van der Waals surface area contributed by atoms with E-state index >= 15 is 0 Å². The number of aromatic nitrogens is 1. The van der Waals surface area contributed by atoms with Gasteiger partial charge in [0.25, 0.3) is 5.91 Å². The van der Waals surface area contributed by atoms with Crippen LogP contribution < -0.4 is 4.90 Å². The SMILES string of the molecule is O=CN1CCN(C(=O)c2cncc(N3CCCCCC3)c2)CC1. The van der Waals surface area contributed by atoms with Crippen LogP contribution in [0.2, 0.25) is 0 Å². The minimum Gasteiger partial charge on any atom is -0.370 e. The second-order valence-corrected chi connectivity index (χ2v) is 6.27. The summed E-state index contributed by atoms with van der Waals surface area (Å²) < 4.78 is 0. The van der Waals surface area contributed by atoms with E-state index in [1.165, 1.54) is 25.7 Å². The molecule has 0 aromatic carbocycles. The number of anilines is 1. The average molecular weight is 316 g/mol. The second-order valence-electron chi connectivity index (χ2n) is 6.27. The molecule has 3 heterocycles. The van der Waals surface area contributed by atoms with Crippen molar-refractivity contribution in [1.29, 1.82) is 0 Å². The van der Waals surface area contributed by atoms with Crippen molar-refractivity contribution in [3.05, 3.63) is 24.0 Å². The maximum atomic E-state index is 12.7. The quantitative estimate of drug-likeness (QED) is 0.791. The van der Waals surface area contributed by atoms with Crippen LogP contribution >= 0.6 is 0 Å². The normalized spacial score (nSPS) is 19.4. The zero-order valence-corrected chi connectivity index (χ0v) is 13.5. The second kappa shape index (κ2) is 7.44. The number of pyridine rings is 1. The summed E-state index contributed by atoms with van der Waals surface area (Å²) in [6.45, 7) is 4.47. The van der Waals surface area contributed by atoms with Crippen LogP contribution in [0, 0.1) is 0 Å². The van der Waals surface area contributed by atoms with Crippen LogP contribution in [-0.2, 0) is 4.79 Å². The fourth-order valence-corrected chi connectivity index (χ4v) is 3.26. The first-order chi connectivity index (χ1) is 11.3. The maximum Gasteiger partial charge on any atom is 0.255 e. The van der Waals surface area contributed by atoms with Crippen LogP contribution in [0.5, 0.6) is 0 Å². The molecule has 2 aliphatic rings. The Kier molecular flexibility index (Phi) is 5.10. The predicted octanol–water partition coefficient (Wildman–Crippen LogP) is 1.38. The van der Waals surface area contributed by atoms with E-state index in [9.17, 15) is 9.59 Å². The van der Waals surface area contributed by atoms with Crippen molar-refractivity contribution >= 4 is 18.0 Å². The van der Waals surface area contributed by atoms with Crippen molar-refractivity contribution in [3.63, 3.8) is 0 Å². The van der Waals surface area contributed by atoms with Gasteiger partial charge in [0, 0.05) is 45.5 Å². The maximum absolute atomic E-state index is 12.7. The van der Waals surface area contributed by atoms with Gasteiger partial charge in [-0.15, -0.1) is 0 Å². The van der Waals surface area contributed by atoms with E-state index < -0.39 is 0 Å². The molecule has 3 rings (SSSR count). The lowest BCUT2D eigenvalue weighted by molar-refractivity contribution is -0.119. The molecule has 2 amide bonds. The molecule has 6 heteroatoms. The lowest BCUT2D eigenvalue weighted by Crippen LogP contribution is -2.48. The number of rotatable bonds is 3. The summed E-state index contributed by atoms with van der Waals surface area (Å²) in [4.78, 5) is 33.5. The molecular weight excluding hydrogens is 292 g/mol. The minimum absolute atomic E-state index is 0.0136. The molecule has 0 unspecified atom stereocenters. The molecule has 2 fully saturated rings. The van der Waals surface area contributed by atoms with Gasteiger partial charge in [-0.25, -0.2) is 0 Å². The Bertz CT molecular complexity index is 547. The molecule has 124 valence electrons. The lowest BCUT2D eigenvalue weighted by atomic mass is 10.2. The Morgan fingerprint density at radius 1 is 0.957 bits per heavy atom. The van der Waals surface area contributed by atoms with E-state index in [2.05, 4.69) is 9.88 Å². The third kappa shape index (κ3) is 3.81. The van der Waals surface area contributed by atoms with Crippen LogP contribution in [0.4, 0.5) is 5.69 Å². The molecule has 0 bridgehead atoms. The van der Waals surface area contributed by atoms with Gasteiger partial charge in [0.05, 0.1) is 17.4 Å². The molecule has 0 saturated carbocycles. The standard InChI is InChI=1S/C17H24N4O2/c22-14-19-7-9-21(10-8-19)17(23)15-11-16(13-18-12-15)20-5-3-1-2-4-6-20/h11-14H,1-10H2. The highest BCUT2D eigenvalue weighted by molar-refractivity contribution is 5.95. The molecule has 0 spiro atoms. The van der Waals surface area contributed by atoms with Crippen molar-refractivity contribution < 1.29 is 9.59 Å². The number of piperazine rings is 1. The zero-order chi connectivity index (χ0) is 16.1. The summed E-state index contributed by atoms with van der Waals surface area (Å²) in [6.07, 6.45) is 9.32. The van der Waals surface area contributed by atoms with Crippen LogP contribution in [0.1, 0.15) is 36.0 Å². The largest absolute Gasteiger partial charge is 0.370 e. The van der Waals surface area contributed by atoms with E-state index in [0.29, 0.717) is 31.7 Å².